The lowest BCUT2D eigenvalue weighted by Gasteiger charge is -2.28. The molecule has 1 aliphatic rings. The molecule has 11 nitrogen and oxygen atoms in total. The van der Waals surface area contributed by atoms with Gasteiger partial charge in [-0.2, -0.15) is 0 Å². The van der Waals surface area contributed by atoms with Crippen molar-refractivity contribution in [1.29, 1.82) is 0 Å². The van der Waals surface area contributed by atoms with Crippen LogP contribution >= 0.6 is 0 Å². The van der Waals surface area contributed by atoms with Crippen molar-refractivity contribution in [3.05, 3.63) is 0 Å². The monoisotopic (exact) mass is 470 g/mol. The average molecular weight is 471 g/mol. The number of hydroxylamine groups is 1. The van der Waals surface area contributed by atoms with Crippen LogP contribution in [0, 0.1) is 17.3 Å². The van der Waals surface area contributed by atoms with Crippen molar-refractivity contribution in [2.75, 3.05) is 13.2 Å². The SMILES string of the molecule is CC(C)C(NC(=O)OCC(C)(C)C)C(=O)NC(C(=O)NC1CCCONC(=O)C1=O)C(C)C. The topological polar surface area (TPSA) is 152 Å². The molecule has 3 atom stereocenters. The van der Waals surface area contributed by atoms with Gasteiger partial charge in [-0.1, -0.05) is 48.5 Å². The summed E-state index contributed by atoms with van der Waals surface area (Å²) in [6.07, 6.45) is -0.0456. The van der Waals surface area contributed by atoms with Gasteiger partial charge in [-0.3, -0.25) is 24.0 Å². The molecule has 0 aromatic rings. The van der Waals surface area contributed by atoms with E-state index < -0.39 is 47.7 Å². The van der Waals surface area contributed by atoms with E-state index >= 15 is 0 Å². The lowest BCUT2D eigenvalue weighted by molar-refractivity contribution is -0.149. The molecular formula is C22H38N4O7. The molecule has 1 rings (SSSR count). The van der Waals surface area contributed by atoms with Gasteiger partial charge in [0.25, 0.3) is 0 Å². The molecule has 33 heavy (non-hydrogen) atoms. The van der Waals surface area contributed by atoms with Crippen molar-refractivity contribution < 1.29 is 33.5 Å². The maximum Gasteiger partial charge on any atom is 0.407 e. The second kappa shape index (κ2) is 12.5. The van der Waals surface area contributed by atoms with Gasteiger partial charge in [0.1, 0.15) is 12.1 Å². The van der Waals surface area contributed by atoms with Crippen LogP contribution in [-0.4, -0.2) is 60.9 Å². The highest BCUT2D eigenvalue weighted by Crippen LogP contribution is 2.13. The third-order valence-electron chi connectivity index (χ3n) is 4.87. The van der Waals surface area contributed by atoms with Crippen LogP contribution in [0.1, 0.15) is 61.3 Å². The van der Waals surface area contributed by atoms with Gasteiger partial charge in [0.15, 0.2) is 0 Å². The fraction of sp³-hybridized carbons (Fsp3) is 0.773. The Morgan fingerprint density at radius 2 is 1.61 bits per heavy atom. The number of ketones is 1. The van der Waals surface area contributed by atoms with E-state index in [0.717, 1.165) is 0 Å². The summed E-state index contributed by atoms with van der Waals surface area (Å²) in [5, 5.41) is 7.78. The number of rotatable bonds is 8. The number of carbonyl (C=O) groups is 5. The Hall–Kier alpha value is -2.69. The first-order valence-electron chi connectivity index (χ1n) is 11.2. The second-order valence-corrected chi connectivity index (χ2v) is 10.1. The predicted octanol–water partition coefficient (Wildman–Crippen LogP) is 0.820. The van der Waals surface area contributed by atoms with Gasteiger partial charge in [-0.05, 0) is 30.1 Å². The quantitative estimate of drug-likeness (QED) is 0.383. The fourth-order valence-electron chi connectivity index (χ4n) is 2.98. The highest BCUT2D eigenvalue weighted by atomic mass is 16.7. The number of hydrogen-bond acceptors (Lipinski definition) is 7. The largest absolute Gasteiger partial charge is 0.449 e. The molecule has 1 aliphatic heterocycles. The maximum atomic E-state index is 12.9. The Bertz CT molecular complexity index is 731. The standard InChI is InChI=1S/C22H38N4O7/c1-12(2)15(18(28)23-14-9-8-10-33-26-20(30)17(14)27)24-19(29)16(13(3)4)25-21(31)32-11-22(5,6)7/h12-16H,8-11H2,1-7H3,(H,23,28)(H,24,29)(H,25,31)(H,26,30). The molecule has 11 heteroatoms. The van der Waals surface area contributed by atoms with Gasteiger partial charge in [-0.15, -0.1) is 0 Å². The Labute approximate surface area is 195 Å². The Morgan fingerprint density at radius 1 is 1.03 bits per heavy atom. The average Bonchev–Trinajstić information content (AvgIpc) is 2.70. The highest BCUT2D eigenvalue weighted by Gasteiger charge is 2.34. The molecular weight excluding hydrogens is 432 g/mol. The number of alkyl carbamates (subject to hydrolysis) is 1. The number of Topliss-reactive ketones (excluding diaryl/α,β-unsaturated/α-hetero) is 1. The molecule has 0 radical (unpaired) electrons. The lowest BCUT2D eigenvalue weighted by atomic mass is 9.98. The van der Waals surface area contributed by atoms with E-state index in [9.17, 15) is 24.0 Å². The first-order valence-corrected chi connectivity index (χ1v) is 11.2. The molecule has 0 aliphatic carbocycles. The van der Waals surface area contributed by atoms with Crippen LogP contribution in [-0.2, 0) is 28.8 Å². The molecule has 0 aromatic heterocycles. The van der Waals surface area contributed by atoms with Crippen molar-refractivity contribution in [2.24, 2.45) is 17.3 Å². The van der Waals surface area contributed by atoms with Crippen LogP contribution in [0.5, 0.6) is 0 Å². The zero-order chi connectivity index (χ0) is 25.3. The van der Waals surface area contributed by atoms with Gasteiger partial charge in [0.05, 0.1) is 19.3 Å². The molecule has 0 saturated carbocycles. The zero-order valence-corrected chi connectivity index (χ0v) is 20.6. The van der Waals surface area contributed by atoms with Crippen molar-refractivity contribution in [3.63, 3.8) is 0 Å². The van der Waals surface area contributed by atoms with Crippen molar-refractivity contribution in [1.82, 2.24) is 21.4 Å². The number of ether oxygens (including phenoxy) is 1. The molecule has 188 valence electrons. The van der Waals surface area contributed by atoms with Crippen molar-refractivity contribution in [2.45, 2.75) is 79.4 Å². The summed E-state index contributed by atoms with van der Waals surface area (Å²) >= 11 is 0. The molecule has 0 spiro atoms. The molecule has 4 N–H and O–H groups in total. The molecule has 1 heterocycles. The molecule has 4 amide bonds. The van der Waals surface area contributed by atoms with E-state index in [1.54, 1.807) is 27.7 Å². The second-order valence-electron chi connectivity index (χ2n) is 10.1. The van der Waals surface area contributed by atoms with E-state index in [4.69, 9.17) is 9.57 Å². The van der Waals surface area contributed by atoms with Crippen LogP contribution in [0.25, 0.3) is 0 Å². The summed E-state index contributed by atoms with van der Waals surface area (Å²) in [6, 6.07) is -2.94. The van der Waals surface area contributed by atoms with Crippen LogP contribution in [0.2, 0.25) is 0 Å². The molecule has 0 aromatic carbocycles. The smallest absolute Gasteiger partial charge is 0.407 e. The lowest BCUT2D eigenvalue weighted by Crippen LogP contribution is -2.59. The fourth-order valence-corrected chi connectivity index (χ4v) is 2.98. The summed E-state index contributed by atoms with van der Waals surface area (Å²) < 4.78 is 5.19. The van der Waals surface area contributed by atoms with Gasteiger partial charge in [-0.25, -0.2) is 10.3 Å². The van der Waals surface area contributed by atoms with Gasteiger partial charge in [0.2, 0.25) is 17.6 Å². The van der Waals surface area contributed by atoms with E-state index in [1.165, 1.54) is 0 Å². The summed E-state index contributed by atoms with van der Waals surface area (Å²) in [7, 11) is 0. The first kappa shape index (κ1) is 28.3. The minimum atomic E-state index is -1.02. The zero-order valence-electron chi connectivity index (χ0n) is 20.6. The van der Waals surface area contributed by atoms with Gasteiger partial charge >= 0.3 is 12.0 Å². The Morgan fingerprint density at radius 3 is 2.15 bits per heavy atom. The Balaban J connectivity index is 2.85. The van der Waals surface area contributed by atoms with Crippen molar-refractivity contribution in [3.8, 4) is 0 Å². The van der Waals surface area contributed by atoms with Crippen LogP contribution in [0.15, 0.2) is 0 Å². The molecule has 1 saturated heterocycles. The third-order valence-corrected chi connectivity index (χ3v) is 4.87. The van der Waals surface area contributed by atoms with E-state index in [0.29, 0.717) is 6.42 Å². The van der Waals surface area contributed by atoms with E-state index in [2.05, 4.69) is 16.0 Å². The number of amides is 4. The van der Waals surface area contributed by atoms with E-state index in [-0.39, 0.29) is 36.9 Å². The first-order chi connectivity index (χ1) is 15.2. The number of nitrogens with one attached hydrogen (secondary N) is 4. The summed E-state index contributed by atoms with van der Waals surface area (Å²) in [4.78, 5) is 66.9. The summed E-state index contributed by atoms with van der Waals surface area (Å²) in [6.45, 7) is 13.1. The van der Waals surface area contributed by atoms with Crippen molar-refractivity contribution >= 4 is 29.6 Å². The minimum absolute atomic E-state index is 0.177. The minimum Gasteiger partial charge on any atom is -0.449 e. The van der Waals surface area contributed by atoms with Crippen LogP contribution in [0.3, 0.4) is 0 Å². The third kappa shape index (κ3) is 9.77. The van der Waals surface area contributed by atoms with Crippen LogP contribution < -0.4 is 21.4 Å². The normalized spacial score (nSPS) is 19.1. The van der Waals surface area contributed by atoms with Gasteiger partial charge < -0.3 is 20.7 Å². The summed E-state index contributed by atoms with van der Waals surface area (Å²) in [5.41, 5.74) is 1.79. The number of carbonyl (C=O) groups excluding carboxylic acids is 5. The van der Waals surface area contributed by atoms with Gasteiger partial charge in [0, 0.05) is 0 Å². The maximum absolute atomic E-state index is 12.9. The van der Waals surface area contributed by atoms with Crippen LogP contribution in [0.4, 0.5) is 4.79 Å². The molecule has 3 unspecified atom stereocenters. The molecule has 0 bridgehead atoms. The predicted molar refractivity (Wildman–Crippen MR) is 120 cm³/mol. The summed E-state index contributed by atoms with van der Waals surface area (Å²) in [5.74, 6) is -3.51. The Kier molecular flexibility index (Phi) is 10.8. The highest BCUT2D eigenvalue weighted by molar-refractivity contribution is 6.38. The number of hydrogen-bond donors (Lipinski definition) is 4. The molecule has 1 fully saturated rings. The van der Waals surface area contributed by atoms with E-state index in [1.807, 2.05) is 26.3 Å².